The number of fused-ring (bicyclic) bond motifs is 6. The quantitative estimate of drug-likeness (QED) is 0.280. The Bertz CT molecular complexity index is 1440. The van der Waals surface area contributed by atoms with Crippen LogP contribution < -0.4 is 16.0 Å². The number of carbonyl (C=O) groups excluding carboxylic acids is 2. The van der Waals surface area contributed by atoms with Gasteiger partial charge in [0.1, 0.15) is 17.7 Å². The van der Waals surface area contributed by atoms with E-state index in [9.17, 15) is 22.6 Å². The van der Waals surface area contributed by atoms with Crippen LogP contribution in [-0.4, -0.2) is 85.0 Å². The summed E-state index contributed by atoms with van der Waals surface area (Å²) < 4.78 is 68.2. The molecule has 1 fully saturated rings. The van der Waals surface area contributed by atoms with E-state index in [0.29, 0.717) is 30.8 Å². The number of nitrogens with one attached hydrogen (secondary N) is 3. The molecule has 5 rings (SSSR count). The molecule has 3 aliphatic heterocycles. The van der Waals surface area contributed by atoms with E-state index in [1.807, 2.05) is 4.31 Å². The van der Waals surface area contributed by atoms with Crippen molar-refractivity contribution in [2.24, 2.45) is 0 Å². The first-order valence-electron chi connectivity index (χ1n) is 15.3. The molecule has 0 saturated carbocycles. The van der Waals surface area contributed by atoms with Gasteiger partial charge in [0.25, 0.3) is 0 Å². The summed E-state index contributed by atoms with van der Waals surface area (Å²) in [5.41, 5.74) is -0.491. The van der Waals surface area contributed by atoms with Gasteiger partial charge in [-0.2, -0.15) is 0 Å². The number of alkyl halides is 1. The van der Waals surface area contributed by atoms with Crippen LogP contribution in [0.25, 0.3) is 0 Å². The van der Waals surface area contributed by atoms with E-state index < -0.39 is 52.8 Å². The number of carbonyl (C=O) groups is 2. The molecule has 9 nitrogen and oxygen atoms in total. The number of hydrogen-bond donors (Lipinski definition) is 3. The standard InChI is InChI=1S/C33H41F3N4O5S/c1-44-22-33(17-6-18-34,23-11-13-24(35)14-12-23)30(39-32(42)45-2)31(41)38-29-10-3-9-28(36)27(29)16-15-26-21-37-25-7-4-19-40(26)46(43)20-5-8-25/h3,9-14,25-26,30,37H,5-6,8,15-22H2,1-2H3,(H,38,41)(H,39,42)/t25?,26-,30+,33?,46?/m0/s1. The highest BCUT2D eigenvalue weighted by Gasteiger charge is 2.46. The normalized spacial score (nSPS) is 22.9. The first kappa shape index (κ1) is 35.4. The predicted octanol–water partition coefficient (Wildman–Crippen LogP) is 4.00. The second-order valence-electron chi connectivity index (χ2n) is 11.4. The third kappa shape index (κ3) is 8.67. The fraction of sp³-hybridized carbons (Fsp3) is 0.515. The minimum absolute atomic E-state index is 0.00757. The maximum Gasteiger partial charge on any atom is 0.407 e. The molecule has 2 aromatic rings. The molecule has 2 bridgehead atoms. The molecule has 3 aliphatic rings. The molecule has 13 heteroatoms. The lowest BCUT2D eigenvalue weighted by atomic mass is 9.71. The maximum absolute atomic E-state index is 15.4. The van der Waals surface area contributed by atoms with Gasteiger partial charge >= 0.3 is 6.09 Å². The Morgan fingerprint density at radius 3 is 2.70 bits per heavy atom. The van der Waals surface area contributed by atoms with Crippen LogP contribution in [0, 0.1) is 23.5 Å². The molecule has 3 heterocycles. The van der Waals surface area contributed by atoms with E-state index in [1.54, 1.807) is 6.07 Å². The zero-order chi connectivity index (χ0) is 33.1. The first-order valence-corrected chi connectivity index (χ1v) is 16.6. The van der Waals surface area contributed by atoms with Gasteiger partial charge < -0.3 is 25.4 Å². The van der Waals surface area contributed by atoms with E-state index in [4.69, 9.17) is 9.47 Å². The first-order chi connectivity index (χ1) is 22.2. The van der Waals surface area contributed by atoms with Crippen LogP contribution in [0.4, 0.5) is 23.7 Å². The van der Waals surface area contributed by atoms with Gasteiger partial charge in [-0.05, 0) is 68.4 Å². The Morgan fingerprint density at radius 1 is 1.20 bits per heavy atom. The minimum atomic E-state index is -1.39. The number of methoxy groups -OCH3 is 2. The van der Waals surface area contributed by atoms with Crippen LogP contribution in [0.2, 0.25) is 0 Å². The number of ether oxygens (including phenoxy) is 2. The molecular formula is C33H41F3N4O5S. The number of hydrogen-bond acceptors (Lipinski definition) is 6. The lowest BCUT2D eigenvalue weighted by Crippen LogP contribution is -2.59. The van der Waals surface area contributed by atoms with Crippen molar-refractivity contribution in [3.8, 4) is 11.8 Å². The summed E-state index contributed by atoms with van der Waals surface area (Å²) in [6.45, 7) is 0.0267. The maximum atomic E-state index is 15.4. The topological polar surface area (TPSA) is 109 Å². The predicted molar refractivity (Wildman–Crippen MR) is 170 cm³/mol. The number of amides is 2. The number of benzene rings is 2. The summed E-state index contributed by atoms with van der Waals surface area (Å²) in [5.74, 6) is 5.05. The van der Waals surface area contributed by atoms with Gasteiger partial charge in [0, 0.05) is 42.1 Å². The Hall–Kier alpha value is -3.44. The largest absolute Gasteiger partial charge is 0.453 e. The molecule has 2 aromatic carbocycles. The fourth-order valence-electron chi connectivity index (χ4n) is 6.19. The average molecular weight is 663 g/mol. The van der Waals surface area contributed by atoms with E-state index in [-0.39, 0.29) is 49.2 Å². The van der Waals surface area contributed by atoms with E-state index in [2.05, 4.69) is 27.8 Å². The Morgan fingerprint density at radius 2 is 1.98 bits per heavy atom. The summed E-state index contributed by atoms with van der Waals surface area (Å²) in [5, 5.41) is 8.80. The fourth-order valence-corrected chi connectivity index (χ4v) is 7.56. The van der Waals surface area contributed by atoms with Crippen molar-refractivity contribution in [1.29, 1.82) is 0 Å². The number of halogens is 3. The van der Waals surface area contributed by atoms with Crippen molar-refractivity contribution in [3.63, 3.8) is 0 Å². The summed E-state index contributed by atoms with van der Waals surface area (Å²) in [6, 6.07) is 8.09. The average Bonchev–Trinajstić information content (AvgIpc) is 3.17. The van der Waals surface area contributed by atoms with Gasteiger partial charge in [-0.15, -0.1) is 0 Å². The second kappa shape index (κ2) is 16.9. The van der Waals surface area contributed by atoms with Crippen molar-refractivity contribution in [2.45, 2.75) is 62.1 Å². The van der Waals surface area contributed by atoms with Crippen LogP contribution in [-0.2, 0) is 37.1 Å². The zero-order valence-electron chi connectivity index (χ0n) is 26.1. The van der Waals surface area contributed by atoms with Crippen molar-refractivity contribution in [2.75, 3.05) is 51.7 Å². The van der Waals surface area contributed by atoms with E-state index in [1.165, 1.54) is 43.5 Å². The Balaban J connectivity index is 1.66. The molecule has 46 heavy (non-hydrogen) atoms. The number of alkyl carbamates (subject to hydrolysis) is 1. The van der Waals surface area contributed by atoms with Crippen molar-refractivity contribution in [3.05, 3.63) is 65.2 Å². The third-order valence-corrected chi connectivity index (χ3v) is 10.1. The number of nitrogens with zero attached hydrogens (tertiary/aromatic N) is 1. The van der Waals surface area contributed by atoms with Gasteiger partial charge in [-0.1, -0.05) is 30.0 Å². The smallest absolute Gasteiger partial charge is 0.407 e. The van der Waals surface area contributed by atoms with Gasteiger partial charge in [0.15, 0.2) is 0 Å². The number of anilines is 1. The van der Waals surface area contributed by atoms with E-state index in [0.717, 1.165) is 20.0 Å². The molecule has 0 radical (unpaired) electrons. The van der Waals surface area contributed by atoms with Crippen LogP contribution >= 0.6 is 0 Å². The Labute approximate surface area is 270 Å². The lowest BCUT2D eigenvalue weighted by molar-refractivity contribution is -0.120. The van der Waals surface area contributed by atoms with Gasteiger partial charge in [-0.3, -0.25) is 9.18 Å². The van der Waals surface area contributed by atoms with Crippen LogP contribution in [0.3, 0.4) is 0 Å². The molecule has 0 aliphatic carbocycles. The molecule has 250 valence electrons. The van der Waals surface area contributed by atoms with Crippen LogP contribution in [0.5, 0.6) is 0 Å². The molecule has 4 unspecified atom stereocenters. The summed E-state index contributed by atoms with van der Waals surface area (Å²) >= 11 is 0. The molecule has 2 amide bonds. The summed E-state index contributed by atoms with van der Waals surface area (Å²) in [4.78, 5) is 26.7. The highest BCUT2D eigenvalue weighted by molar-refractivity contribution is 7.82. The Kier molecular flexibility index (Phi) is 13.0. The second-order valence-corrected chi connectivity index (χ2v) is 13.0. The zero-order valence-corrected chi connectivity index (χ0v) is 26.9. The number of rotatable bonds is 13. The molecule has 6 atom stereocenters. The van der Waals surface area contributed by atoms with Crippen LogP contribution in [0.15, 0.2) is 42.5 Å². The van der Waals surface area contributed by atoms with Crippen molar-refractivity contribution in [1.82, 2.24) is 14.9 Å². The monoisotopic (exact) mass is 662 g/mol. The van der Waals surface area contributed by atoms with Gasteiger partial charge in [0.05, 0.1) is 44.0 Å². The molecule has 0 spiro atoms. The minimum Gasteiger partial charge on any atom is -0.453 e. The van der Waals surface area contributed by atoms with E-state index >= 15 is 4.39 Å². The molecular weight excluding hydrogens is 621 g/mol. The van der Waals surface area contributed by atoms with Crippen LogP contribution in [0.1, 0.15) is 43.2 Å². The highest BCUT2D eigenvalue weighted by Crippen LogP contribution is 2.36. The molecule has 0 aromatic heterocycles. The lowest BCUT2D eigenvalue weighted by Gasteiger charge is -2.40. The SMILES string of the molecule is COCC(CCCF)(c1ccc(F)cc1)[C@H](NC(=O)OC)C(=O)Nc1cccc(F)c1CC[C@H]1CNC2C#CCN1S(=O)CCC2. The molecule has 1 saturated heterocycles. The summed E-state index contributed by atoms with van der Waals surface area (Å²) in [7, 11) is 1.31. The van der Waals surface area contributed by atoms with Gasteiger partial charge in [0.2, 0.25) is 5.91 Å². The third-order valence-electron chi connectivity index (χ3n) is 8.54. The van der Waals surface area contributed by atoms with Gasteiger partial charge in [-0.25, -0.2) is 22.1 Å². The van der Waals surface area contributed by atoms with Crippen molar-refractivity contribution < 1.29 is 36.4 Å². The molecule has 3 N–H and O–H groups in total. The summed E-state index contributed by atoms with van der Waals surface area (Å²) in [6.07, 6.45) is 1.35. The highest BCUT2D eigenvalue weighted by atomic mass is 32.2. The van der Waals surface area contributed by atoms with Crippen molar-refractivity contribution >= 4 is 28.7 Å².